The molecule has 0 fully saturated rings. The lowest BCUT2D eigenvalue weighted by molar-refractivity contribution is 0.423. The Hall–Kier alpha value is -1.68. The van der Waals surface area contributed by atoms with E-state index in [-0.39, 0.29) is 0 Å². The third-order valence-electron chi connectivity index (χ3n) is 3.01. The van der Waals surface area contributed by atoms with E-state index in [0.717, 1.165) is 19.5 Å². The second-order valence-electron chi connectivity index (χ2n) is 4.08. The summed E-state index contributed by atoms with van der Waals surface area (Å²) in [6.45, 7) is 2.02. The van der Waals surface area contributed by atoms with Crippen molar-refractivity contribution in [3.63, 3.8) is 0 Å². The number of nitrogens with zero attached hydrogens (tertiary/aromatic N) is 3. The summed E-state index contributed by atoms with van der Waals surface area (Å²) in [5.74, 6) is 0. The van der Waals surface area contributed by atoms with Crippen molar-refractivity contribution in [1.29, 1.82) is 0 Å². The van der Waals surface area contributed by atoms with E-state index >= 15 is 0 Å². The van der Waals surface area contributed by atoms with Gasteiger partial charge in [-0.15, -0.1) is 0 Å². The molecule has 1 atom stereocenters. The minimum Gasteiger partial charge on any atom is -0.332 e. The highest BCUT2D eigenvalue weighted by Crippen LogP contribution is 2.20. The van der Waals surface area contributed by atoms with Crippen molar-refractivity contribution in [3.05, 3.63) is 48.3 Å². The zero-order chi connectivity index (χ0) is 10.8. The van der Waals surface area contributed by atoms with Gasteiger partial charge in [0.25, 0.3) is 0 Å². The van der Waals surface area contributed by atoms with Crippen LogP contribution in [0.15, 0.2) is 37.1 Å². The second kappa shape index (κ2) is 4.06. The Kier molecular flexibility index (Phi) is 2.42. The van der Waals surface area contributed by atoms with Crippen LogP contribution >= 0.6 is 0 Å². The van der Waals surface area contributed by atoms with Crippen molar-refractivity contribution < 1.29 is 0 Å². The first-order chi connectivity index (χ1) is 7.93. The lowest BCUT2D eigenvalue weighted by atomic mass is 10.0. The number of imidazole rings is 1. The molecule has 82 valence electrons. The van der Waals surface area contributed by atoms with E-state index in [2.05, 4.69) is 25.9 Å². The maximum absolute atomic E-state index is 4.20. The maximum atomic E-state index is 4.20. The standard InChI is InChI=1S/C12H14N4/c1-2-10(7-13-3-1)6-11-12-8-14-9-16(12)5-4-15-11/h1-3,7-9,11,15H,4-6H2. The predicted octanol–water partition coefficient (Wildman–Crippen LogP) is 1.17. The smallest absolute Gasteiger partial charge is 0.0949 e. The molecule has 1 unspecified atom stereocenters. The van der Waals surface area contributed by atoms with Crippen molar-refractivity contribution >= 4 is 0 Å². The third kappa shape index (κ3) is 1.72. The summed E-state index contributed by atoms with van der Waals surface area (Å²) < 4.78 is 2.22. The van der Waals surface area contributed by atoms with E-state index in [9.17, 15) is 0 Å². The number of hydrogen-bond donors (Lipinski definition) is 1. The Bertz CT molecular complexity index is 463. The fourth-order valence-corrected chi connectivity index (χ4v) is 2.20. The van der Waals surface area contributed by atoms with Crippen LogP contribution in [0, 0.1) is 0 Å². The van der Waals surface area contributed by atoms with Gasteiger partial charge in [0, 0.05) is 31.7 Å². The van der Waals surface area contributed by atoms with Gasteiger partial charge in [0.15, 0.2) is 0 Å². The van der Waals surface area contributed by atoms with Crippen molar-refractivity contribution in [2.45, 2.75) is 19.0 Å². The molecule has 4 heteroatoms. The number of nitrogens with one attached hydrogen (secondary N) is 1. The summed E-state index contributed by atoms with van der Waals surface area (Å²) in [4.78, 5) is 8.35. The molecule has 0 saturated heterocycles. The molecular formula is C12H14N4. The number of hydrogen-bond acceptors (Lipinski definition) is 3. The highest BCUT2D eigenvalue weighted by Gasteiger charge is 2.19. The van der Waals surface area contributed by atoms with Crippen molar-refractivity contribution in [1.82, 2.24) is 19.9 Å². The fourth-order valence-electron chi connectivity index (χ4n) is 2.20. The molecule has 3 heterocycles. The van der Waals surface area contributed by atoms with E-state index in [0.29, 0.717) is 6.04 Å². The molecule has 1 aliphatic heterocycles. The van der Waals surface area contributed by atoms with Crippen LogP contribution in [-0.2, 0) is 13.0 Å². The fraction of sp³-hybridized carbons (Fsp3) is 0.333. The number of rotatable bonds is 2. The molecule has 1 aliphatic rings. The molecule has 1 N–H and O–H groups in total. The SMILES string of the molecule is c1cncc(CC2NCCn3cncc32)c1. The molecule has 2 aromatic heterocycles. The molecule has 0 amide bonds. The Morgan fingerprint density at radius 2 is 2.38 bits per heavy atom. The van der Waals surface area contributed by atoms with Crippen LogP contribution < -0.4 is 5.32 Å². The Morgan fingerprint density at radius 1 is 1.38 bits per heavy atom. The van der Waals surface area contributed by atoms with Crippen LogP contribution in [0.4, 0.5) is 0 Å². The van der Waals surface area contributed by atoms with Gasteiger partial charge in [-0.1, -0.05) is 6.07 Å². The lowest BCUT2D eigenvalue weighted by Crippen LogP contribution is -2.34. The van der Waals surface area contributed by atoms with Crippen LogP contribution in [-0.4, -0.2) is 21.1 Å². The Labute approximate surface area is 94.4 Å². The van der Waals surface area contributed by atoms with Gasteiger partial charge in [-0.25, -0.2) is 4.98 Å². The van der Waals surface area contributed by atoms with Crippen molar-refractivity contribution in [2.24, 2.45) is 0 Å². The molecular weight excluding hydrogens is 200 g/mol. The molecule has 0 saturated carbocycles. The van der Waals surface area contributed by atoms with Crippen LogP contribution in [0.25, 0.3) is 0 Å². The van der Waals surface area contributed by atoms with E-state index < -0.39 is 0 Å². The van der Waals surface area contributed by atoms with Crippen LogP contribution in [0.3, 0.4) is 0 Å². The highest BCUT2D eigenvalue weighted by molar-refractivity contribution is 5.16. The van der Waals surface area contributed by atoms with Gasteiger partial charge in [0.05, 0.1) is 18.1 Å². The van der Waals surface area contributed by atoms with E-state index in [1.54, 1.807) is 0 Å². The first-order valence-corrected chi connectivity index (χ1v) is 5.56. The molecule has 4 nitrogen and oxygen atoms in total. The summed E-state index contributed by atoms with van der Waals surface area (Å²) in [5, 5.41) is 3.52. The van der Waals surface area contributed by atoms with Crippen molar-refractivity contribution in [2.75, 3.05) is 6.54 Å². The minimum atomic E-state index is 0.362. The molecule has 0 radical (unpaired) electrons. The summed E-state index contributed by atoms with van der Waals surface area (Å²) in [6.07, 6.45) is 8.57. The second-order valence-corrected chi connectivity index (χ2v) is 4.08. The average Bonchev–Trinajstić information content (AvgIpc) is 2.80. The molecule has 0 spiro atoms. The molecule has 3 rings (SSSR count). The van der Waals surface area contributed by atoms with E-state index in [4.69, 9.17) is 0 Å². The number of fused-ring (bicyclic) bond motifs is 1. The van der Waals surface area contributed by atoms with Gasteiger partial charge < -0.3 is 9.88 Å². The lowest BCUT2D eigenvalue weighted by Gasteiger charge is -2.25. The maximum Gasteiger partial charge on any atom is 0.0949 e. The Balaban J connectivity index is 1.83. The normalized spacial score (nSPS) is 19.4. The van der Waals surface area contributed by atoms with Gasteiger partial charge >= 0.3 is 0 Å². The average molecular weight is 214 g/mol. The van der Waals surface area contributed by atoms with Crippen LogP contribution in [0.1, 0.15) is 17.3 Å². The first-order valence-electron chi connectivity index (χ1n) is 5.56. The summed E-state index contributed by atoms with van der Waals surface area (Å²) in [7, 11) is 0. The van der Waals surface area contributed by atoms with Gasteiger partial charge in [-0.3, -0.25) is 4.98 Å². The zero-order valence-corrected chi connectivity index (χ0v) is 9.00. The number of aromatic nitrogens is 3. The quantitative estimate of drug-likeness (QED) is 0.816. The van der Waals surface area contributed by atoms with Gasteiger partial charge in [0.2, 0.25) is 0 Å². The molecule has 0 aromatic carbocycles. The molecule has 0 bridgehead atoms. The minimum absolute atomic E-state index is 0.362. The number of pyridine rings is 1. The third-order valence-corrected chi connectivity index (χ3v) is 3.01. The largest absolute Gasteiger partial charge is 0.332 e. The summed E-state index contributed by atoms with van der Waals surface area (Å²) >= 11 is 0. The van der Waals surface area contributed by atoms with Gasteiger partial charge in [-0.05, 0) is 18.1 Å². The predicted molar refractivity (Wildman–Crippen MR) is 60.9 cm³/mol. The molecule has 0 aliphatic carbocycles. The molecule has 2 aromatic rings. The summed E-state index contributed by atoms with van der Waals surface area (Å²) in [5.41, 5.74) is 2.53. The summed E-state index contributed by atoms with van der Waals surface area (Å²) in [6, 6.07) is 4.46. The monoisotopic (exact) mass is 214 g/mol. The van der Waals surface area contributed by atoms with Crippen LogP contribution in [0.5, 0.6) is 0 Å². The van der Waals surface area contributed by atoms with E-state index in [1.807, 2.05) is 31.0 Å². The van der Waals surface area contributed by atoms with Crippen LogP contribution in [0.2, 0.25) is 0 Å². The zero-order valence-electron chi connectivity index (χ0n) is 9.00. The topological polar surface area (TPSA) is 42.7 Å². The van der Waals surface area contributed by atoms with Crippen molar-refractivity contribution in [3.8, 4) is 0 Å². The van der Waals surface area contributed by atoms with E-state index in [1.165, 1.54) is 11.3 Å². The Morgan fingerprint density at radius 3 is 3.25 bits per heavy atom. The van der Waals surface area contributed by atoms with Gasteiger partial charge in [0.1, 0.15) is 0 Å². The first kappa shape index (κ1) is 9.54. The molecule has 16 heavy (non-hydrogen) atoms. The van der Waals surface area contributed by atoms with Gasteiger partial charge in [-0.2, -0.15) is 0 Å². The highest BCUT2D eigenvalue weighted by atomic mass is 15.1.